The average molecular weight is 376 g/mol. The highest BCUT2D eigenvalue weighted by molar-refractivity contribution is 5.80. The first-order chi connectivity index (χ1) is 13.3. The molecule has 0 amide bonds. The van der Waals surface area contributed by atoms with Crippen LogP contribution in [0.25, 0.3) is 0 Å². The second-order valence-electron chi connectivity index (χ2n) is 7.80. The van der Waals surface area contributed by atoms with E-state index in [0.717, 1.165) is 56.5 Å². The van der Waals surface area contributed by atoms with Gasteiger partial charge in [-0.3, -0.25) is 4.99 Å². The van der Waals surface area contributed by atoms with Gasteiger partial charge in [-0.15, -0.1) is 0 Å². The quantitative estimate of drug-likeness (QED) is 0.415. The van der Waals surface area contributed by atoms with Gasteiger partial charge in [0.2, 0.25) is 0 Å². The van der Waals surface area contributed by atoms with Gasteiger partial charge in [0.15, 0.2) is 5.96 Å². The lowest BCUT2D eigenvalue weighted by molar-refractivity contribution is 0.224. The molecular weight excluding hydrogens is 338 g/mol. The Morgan fingerprint density at radius 2 is 1.96 bits per heavy atom. The standard InChI is InChI=1S/C20H37N7/c1-3-21-20(22-12-6-4-7-13-26-14-8-5-9-15-26)24-18-11-10-16-27-19(18)23-17(2)25-27/h18H,3-16H2,1-2H3,(H2,21,22,24). The van der Waals surface area contributed by atoms with Crippen LogP contribution in [0.5, 0.6) is 0 Å². The Bertz CT molecular complexity index is 589. The Kier molecular flexibility index (Phi) is 7.93. The SMILES string of the molecule is CCNC(=NCCCCCN1CCCCC1)NC1CCCn2nc(C)nc21. The molecule has 3 rings (SSSR count). The second-order valence-corrected chi connectivity index (χ2v) is 7.80. The zero-order chi connectivity index (χ0) is 18.9. The summed E-state index contributed by atoms with van der Waals surface area (Å²) in [5, 5.41) is 11.5. The molecule has 0 saturated carbocycles. The predicted octanol–water partition coefficient (Wildman–Crippen LogP) is 2.63. The third kappa shape index (κ3) is 6.19. The number of guanidine groups is 1. The maximum atomic E-state index is 4.79. The molecule has 1 atom stereocenters. The Hall–Kier alpha value is -1.63. The maximum absolute atomic E-state index is 4.79. The van der Waals surface area contributed by atoms with Crippen LogP contribution in [0, 0.1) is 6.92 Å². The zero-order valence-corrected chi connectivity index (χ0v) is 17.2. The van der Waals surface area contributed by atoms with Crippen LogP contribution < -0.4 is 10.6 Å². The molecule has 2 aliphatic rings. The van der Waals surface area contributed by atoms with Crippen molar-refractivity contribution in [3.63, 3.8) is 0 Å². The number of nitrogens with one attached hydrogen (secondary N) is 2. The van der Waals surface area contributed by atoms with Gasteiger partial charge in [0.05, 0.1) is 6.04 Å². The summed E-state index contributed by atoms with van der Waals surface area (Å²) in [6, 6.07) is 0.205. The van der Waals surface area contributed by atoms with Gasteiger partial charge in [-0.2, -0.15) is 5.10 Å². The van der Waals surface area contributed by atoms with Crippen LogP contribution in [-0.4, -0.2) is 58.3 Å². The van der Waals surface area contributed by atoms with Crippen LogP contribution in [0.4, 0.5) is 0 Å². The predicted molar refractivity (Wildman–Crippen MR) is 110 cm³/mol. The highest BCUT2D eigenvalue weighted by atomic mass is 15.4. The molecule has 0 spiro atoms. The second kappa shape index (κ2) is 10.6. The van der Waals surface area contributed by atoms with Crippen molar-refractivity contribution in [1.82, 2.24) is 30.3 Å². The summed E-state index contributed by atoms with van der Waals surface area (Å²) in [4.78, 5) is 12.0. The van der Waals surface area contributed by atoms with E-state index in [9.17, 15) is 0 Å². The van der Waals surface area contributed by atoms with Crippen molar-refractivity contribution in [3.05, 3.63) is 11.6 Å². The van der Waals surface area contributed by atoms with E-state index in [2.05, 4.69) is 32.5 Å². The lowest BCUT2D eigenvalue weighted by atomic mass is 10.1. The van der Waals surface area contributed by atoms with E-state index in [1.807, 2.05) is 11.6 Å². The van der Waals surface area contributed by atoms with Gasteiger partial charge in [0.25, 0.3) is 0 Å². The Labute approximate surface area is 164 Å². The molecule has 1 fully saturated rings. The number of rotatable bonds is 8. The monoisotopic (exact) mass is 375 g/mol. The molecule has 1 unspecified atom stereocenters. The molecular formula is C20H37N7. The first-order valence-corrected chi connectivity index (χ1v) is 10.9. The number of aliphatic imine (C=N–C) groups is 1. The summed E-state index contributed by atoms with van der Waals surface area (Å²) in [5.74, 6) is 2.81. The fraction of sp³-hybridized carbons (Fsp3) is 0.850. The van der Waals surface area contributed by atoms with Crippen molar-refractivity contribution in [2.75, 3.05) is 32.7 Å². The molecule has 1 aromatic rings. The summed E-state index contributed by atoms with van der Waals surface area (Å²) >= 11 is 0. The zero-order valence-electron chi connectivity index (χ0n) is 17.2. The normalized spacial score (nSPS) is 21.1. The van der Waals surface area contributed by atoms with E-state index < -0.39 is 0 Å². The van der Waals surface area contributed by atoms with Crippen LogP contribution in [-0.2, 0) is 6.54 Å². The van der Waals surface area contributed by atoms with Crippen molar-refractivity contribution >= 4 is 5.96 Å². The van der Waals surface area contributed by atoms with Gasteiger partial charge >= 0.3 is 0 Å². The number of hydrogen-bond acceptors (Lipinski definition) is 4. The molecule has 1 saturated heterocycles. The van der Waals surface area contributed by atoms with Crippen molar-refractivity contribution in [3.8, 4) is 0 Å². The smallest absolute Gasteiger partial charge is 0.191 e. The maximum Gasteiger partial charge on any atom is 0.191 e. The Morgan fingerprint density at radius 1 is 1.11 bits per heavy atom. The highest BCUT2D eigenvalue weighted by Crippen LogP contribution is 2.22. The Morgan fingerprint density at radius 3 is 2.78 bits per heavy atom. The molecule has 0 aliphatic carbocycles. The number of hydrogen-bond donors (Lipinski definition) is 2. The molecule has 3 heterocycles. The van der Waals surface area contributed by atoms with Crippen molar-refractivity contribution < 1.29 is 0 Å². The fourth-order valence-corrected chi connectivity index (χ4v) is 4.09. The number of likely N-dealkylation sites (tertiary alicyclic amines) is 1. The van der Waals surface area contributed by atoms with E-state index in [4.69, 9.17) is 4.99 Å². The topological polar surface area (TPSA) is 70.4 Å². The lowest BCUT2D eigenvalue weighted by Gasteiger charge is -2.26. The summed E-state index contributed by atoms with van der Waals surface area (Å²) in [5.41, 5.74) is 0. The minimum atomic E-state index is 0.205. The number of aryl methyl sites for hydroxylation is 2. The van der Waals surface area contributed by atoms with E-state index in [1.54, 1.807) is 0 Å². The third-order valence-electron chi connectivity index (χ3n) is 5.49. The number of piperidine rings is 1. The van der Waals surface area contributed by atoms with Gasteiger partial charge in [-0.1, -0.05) is 12.8 Å². The van der Waals surface area contributed by atoms with Crippen molar-refractivity contribution in [2.45, 2.75) is 77.8 Å². The summed E-state index contributed by atoms with van der Waals surface area (Å²) in [7, 11) is 0. The van der Waals surface area contributed by atoms with Gasteiger partial charge in [0, 0.05) is 19.6 Å². The van der Waals surface area contributed by atoms with Gasteiger partial charge in [-0.05, 0) is 72.0 Å². The fourth-order valence-electron chi connectivity index (χ4n) is 4.09. The molecule has 1 aromatic heterocycles. The molecule has 2 N–H and O–H groups in total. The third-order valence-corrected chi connectivity index (χ3v) is 5.49. The summed E-state index contributed by atoms with van der Waals surface area (Å²) < 4.78 is 2.04. The molecule has 2 aliphatic heterocycles. The van der Waals surface area contributed by atoms with Crippen LogP contribution >= 0.6 is 0 Å². The lowest BCUT2D eigenvalue weighted by Crippen LogP contribution is -2.41. The van der Waals surface area contributed by atoms with Crippen LogP contribution in [0.3, 0.4) is 0 Å². The highest BCUT2D eigenvalue weighted by Gasteiger charge is 2.24. The number of aromatic nitrogens is 3. The van der Waals surface area contributed by atoms with E-state index in [1.165, 1.54) is 51.7 Å². The van der Waals surface area contributed by atoms with Crippen LogP contribution in [0.1, 0.15) is 76.0 Å². The largest absolute Gasteiger partial charge is 0.357 e. The van der Waals surface area contributed by atoms with Crippen LogP contribution in [0.2, 0.25) is 0 Å². The summed E-state index contributed by atoms with van der Waals surface area (Å²) in [6.45, 7) is 10.7. The average Bonchev–Trinajstić information content (AvgIpc) is 3.07. The molecule has 7 heteroatoms. The molecule has 0 bridgehead atoms. The number of nitrogens with zero attached hydrogens (tertiary/aromatic N) is 5. The Balaban J connectivity index is 1.41. The first-order valence-electron chi connectivity index (χ1n) is 10.9. The molecule has 27 heavy (non-hydrogen) atoms. The minimum absolute atomic E-state index is 0.205. The number of unbranched alkanes of at least 4 members (excludes halogenated alkanes) is 2. The van der Waals surface area contributed by atoms with Gasteiger partial charge < -0.3 is 15.5 Å². The molecule has 7 nitrogen and oxygen atoms in total. The number of fused-ring (bicyclic) bond motifs is 1. The van der Waals surface area contributed by atoms with Gasteiger partial charge in [-0.25, -0.2) is 9.67 Å². The summed E-state index contributed by atoms with van der Waals surface area (Å²) in [6.07, 6.45) is 10.1. The van der Waals surface area contributed by atoms with Crippen LogP contribution in [0.15, 0.2) is 4.99 Å². The molecule has 0 radical (unpaired) electrons. The minimum Gasteiger partial charge on any atom is -0.357 e. The van der Waals surface area contributed by atoms with Crippen molar-refractivity contribution in [2.24, 2.45) is 4.99 Å². The molecule has 152 valence electrons. The van der Waals surface area contributed by atoms with E-state index >= 15 is 0 Å². The van der Waals surface area contributed by atoms with Crippen molar-refractivity contribution in [1.29, 1.82) is 0 Å². The van der Waals surface area contributed by atoms with Gasteiger partial charge in [0.1, 0.15) is 11.6 Å². The molecule has 0 aromatic carbocycles. The van der Waals surface area contributed by atoms with E-state index in [-0.39, 0.29) is 6.04 Å². The first kappa shape index (κ1) is 20.1. The van der Waals surface area contributed by atoms with E-state index in [0.29, 0.717) is 0 Å².